The summed E-state index contributed by atoms with van der Waals surface area (Å²) >= 11 is 0. The fourth-order valence-corrected chi connectivity index (χ4v) is 1.28. The van der Waals surface area contributed by atoms with E-state index in [-0.39, 0.29) is 183 Å². The van der Waals surface area contributed by atoms with Crippen molar-refractivity contribution in [2.45, 2.75) is 227 Å². The maximum absolute atomic E-state index is 8.63. The Balaban J connectivity index is -0.0000000190. The molecule has 0 aromatic heterocycles. The molecule has 18 nitrogen and oxygen atoms in total. The van der Waals surface area contributed by atoms with E-state index < -0.39 is 16.8 Å². The van der Waals surface area contributed by atoms with Crippen molar-refractivity contribution in [3.05, 3.63) is 134 Å². The molecule has 0 radical (unpaired) electrons. The summed E-state index contributed by atoms with van der Waals surface area (Å²) in [6.07, 6.45) is 2.12. The summed E-state index contributed by atoms with van der Waals surface area (Å²) < 4.78 is 0. The molecule has 18 N–H and O–H groups in total. The Bertz CT molecular complexity index is 1000. The quantitative estimate of drug-likeness (QED) is 0.0855. The van der Waals surface area contributed by atoms with Gasteiger partial charge in [-0.25, -0.2) is 0 Å². The molecule has 558 valence electrons. The number of aromatic hydroxyl groups is 3. The molecule has 0 bridgehead atoms. The summed E-state index contributed by atoms with van der Waals surface area (Å²) in [7, 11) is 3.00. The van der Waals surface area contributed by atoms with Gasteiger partial charge in [0.15, 0.2) is 0 Å². The molecule has 0 aliphatic rings. The van der Waals surface area contributed by atoms with E-state index >= 15 is 0 Å². The van der Waals surface area contributed by atoms with Crippen LogP contribution in [0.25, 0.3) is 0 Å². The van der Waals surface area contributed by atoms with Gasteiger partial charge in [-0.05, 0) is 180 Å². The van der Waals surface area contributed by atoms with Crippen LogP contribution in [0.1, 0.15) is 192 Å². The minimum absolute atomic E-state index is 0. The number of phenolic OH excluding ortho intramolecular Hbond substituents is 3. The molecule has 0 saturated heterocycles. The van der Waals surface area contributed by atoms with Gasteiger partial charge in [-0.1, -0.05) is 75.4 Å². The Hall–Kier alpha value is 0.746. The van der Waals surface area contributed by atoms with Crippen molar-refractivity contribution in [3.63, 3.8) is 0 Å². The van der Waals surface area contributed by atoms with E-state index in [1.54, 1.807) is 225 Å². The molecule has 91 heavy (non-hydrogen) atoms. The standard InChI is InChI=1S/3C6H6O.3C4H10O.6C3H8O.3C2H6O.4C2H5.3CH4O.2CH3.6Ti/c3*7-6-4-2-1-3-5-6;3*1-4(2,3)5;3*1-3(2)4;3*1-2-3-4;3*1-2-3;7*1-2;;;;;;;;/h3*1-5,7H;3*5H,1-3H3;3*3-4H,1-2H3;3*4H,2-3H2,1H3;3*3H,2H2,1H3;4*1H2,2H3;3*2H,1H3;2*1H3;;;;;;/q;;;;;;;;;;;;;;;4*-1;;;;2*-1;;;;;;. The van der Waals surface area contributed by atoms with Gasteiger partial charge in [-0.2, -0.15) is 27.7 Å². The van der Waals surface area contributed by atoms with E-state index in [4.69, 9.17) is 91.9 Å². The van der Waals surface area contributed by atoms with Gasteiger partial charge in [-0.15, -0.1) is 0 Å². The maximum atomic E-state index is 8.63. The Morgan fingerprint density at radius 3 is 0.374 bits per heavy atom. The summed E-state index contributed by atoms with van der Waals surface area (Å²) in [5, 5.41) is 143. The van der Waals surface area contributed by atoms with Crippen LogP contribution >= 0.6 is 0 Å². The van der Waals surface area contributed by atoms with Gasteiger partial charge in [-0.3, -0.25) is 0 Å². The molecule has 0 fully saturated rings. The molecule has 0 heterocycles. The Labute approximate surface area is 655 Å². The van der Waals surface area contributed by atoms with Crippen LogP contribution in [-0.2, 0) is 130 Å². The SMILES string of the molecule is CC(C)(C)O.CC(C)(C)O.CC(C)(C)O.CC(C)O.CC(C)O.CC(C)O.CCCO.CCCO.CCCO.CCO.CCO.CCO.CO.CO.CO.Oc1ccccc1.Oc1ccccc1.Oc1ccccc1.[CH2-]C.[CH2-]C.[CH2-]C.[CH2-]C.[CH3-].[CH3-].[Ti].[Ti].[Ti].[Ti].[Ti].[Ti]. The van der Waals surface area contributed by atoms with Crippen LogP contribution in [0.15, 0.2) is 91.0 Å². The number of para-hydroxylation sites is 3. The number of hydrogen-bond acceptors (Lipinski definition) is 18. The third kappa shape index (κ3) is 928. The fraction of sp³-hybridized carbons (Fsp3) is 0.642. The maximum Gasteiger partial charge on any atom is 0.115 e. The summed E-state index contributed by atoms with van der Waals surface area (Å²) in [4.78, 5) is 0. The molecule has 0 atom stereocenters. The van der Waals surface area contributed by atoms with Gasteiger partial charge in [0.05, 0.1) is 16.8 Å². The molecule has 3 aromatic carbocycles. The van der Waals surface area contributed by atoms with Crippen LogP contribution in [0.3, 0.4) is 0 Å². The second kappa shape index (κ2) is 198. The minimum Gasteiger partial charge on any atom is -0.508 e. The van der Waals surface area contributed by atoms with Crippen LogP contribution in [0.2, 0.25) is 0 Å². The van der Waals surface area contributed by atoms with Crippen molar-refractivity contribution in [2.24, 2.45) is 0 Å². The summed E-state index contributed by atoms with van der Waals surface area (Å²) in [6, 6.07) is 26.1. The zero-order valence-electron chi connectivity index (χ0n) is 63.6. The van der Waals surface area contributed by atoms with Gasteiger partial charge in [0.25, 0.3) is 0 Å². The Morgan fingerprint density at radius 2 is 0.352 bits per heavy atom. The molecule has 0 aliphatic carbocycles. The van der Waals surface area contributed by atoms with Crippen molar-refractivity contribution in [1.82, 2.24) is 0 Å². The Morgan fingerprint density at radius 1 is 0.297 bits per heavy atom. The minimum atomic E-state index is -0.500. The third-order valence-electron chi connectivity index (χ3n) is 2.94. The summed E-state index contributed by atoms with van der Waals surface area (Å²) in [5.74, 6) is 0.965. The number of rotatable bonds is 3. The first kappa shape index (κ1) is 180. The van der Waals surface area contributed by atoms with E-state index in [2.05, 4.69) is 27.7 Å². The van der Waals surface area contributed by atoms with E-state index in [0.29, 0.717) is 37.1 Å². The molecular formula is C67H152O18Ti6-6. The van der Waals surface area contributed by atoms with Crippen molar-refractivity contribution in [1.29, 1.82) is 0 Å². The average molecular weight is 1530 g/mol. The number of aliphatic hydroxyl groups excluding tert-OH is 12. The molecular weight excluding hydrogens is 1380 g/mol. The first-order valence-corrected chi connectivity index (χ1v) is 27.6. The van der Waals surface area contributed by atoms with Gasteiger partial charge in [0.1, 0.15) is 17.2 Å². The first-order chi connectivity index (χ1) is 38.4. The second-order valence-corrected chi connectivity index (χ2v) is 16.9. The molecule has 3 aromatic rings. The average Bonchev–Trinajstić information content (AvgIpc) is 3.40. The van der Waals surface area contributed by atoms with Crippen LogP contribution in [-0.4, -0.2) is 188 Å². The van der Waals surface area contributed by atoms with Gasteiger partial charge in [0.2, 0.25) is 0 Å². The molecule has 24 heteroatoms. The zero-order valence-corrected chi connectivity index (χ0v) is 73.0. The van der Waals surface area contributed by atoms with Crippen LogP contribution in [0.4, 0.5) is 0 Å². The van der Waals surface area contributed by atoms with Crippen molar-refractivity contribution in [3.8, 4) is 17.2 Å². The fourth-order valence-electron chi connectivity index (χ4n) is 1.28. The normalized spacial score (nSPS) is 7.19. The monoisotopic (exact) mass is 1530 g/mol. The molecule has 0 amide bonds. The predicted octanol–water partition coefficient (Wildman–Crippen LogP) is 11.9. The largest absolute Gasteiger partial charge is 0.508 e. The number of benzene rings is 3. The van der Waals surface area contributed by atoms with Crippen molar-refractivity contribution in [2.75, 3.05) is 61.0 Å². The number of aliphatic hydroxyl groups is 15. The molecule has 0 spiro atoms. The third-order valence-corrected chi connectivity index (χ3v) is 2.94. The molecule has 3 rings (SSSR count). The van der Waals surface area contributed by atoms with Gasteiger partial charge in [0, 0.05) is 210 Å². The number of hydrogen-bond donors (Lipinski definition) is 18. The molecule has 0 unspecified atom stereocenters. The first-order valence-electron chi connectivity index (χ1n) is 27.6. The van der Waals surface area contributed by atoms with E-state index in [1.165, 1.54) is 0 Å². The predicted molar refractivity (Wildman–Crippen MR) is 374 cm³/mol. The zero-order chi connectivity index (χ0) is 71.9. The van der Waals surface area contributed by atoms with Crippen LogP contribution < -0.4 is 0 Å². The van der Waals surface area contributed by atoms with Gasteiger partial charge >= 0.3 is 0 Å². The van der Waals surface area contributed by atoms with E-state index in [9.17, 15) is 0 Å². The topological polar surface area (TPSA) is 364 Å². The summed E-state index contributed by atoms with van der Waals surface area (Å²) in [6.45, 7) is 58.6. The van der Waals surface area contributed by atoms with Crippen LogP contribution in [0.5, 0.6) is 17.2 Å². The number of phenols is 3. The van der Waals surface area contributed by atoms with E-state index in [0.717, 1.165) is 40.6 Å². The molecule has 0 aliphatic heterocycles. The van der Waals surface area contributed by atoms with Crippen LogP contribution in [0, 0.1) is 42.5 Å². The van der Waals surface area contributed by atoms with Gasteiger partial charge < -0.3 is 134 Å². The van der Waals surface area contributed by atoms with Crippen molar-refractivity contribution >= 4 is 0 Å². The Kier molecular flexibility index (Phi) is 392. The molecule has 0 saturated carbocycles. The van der Waals surface area contributed by atoms with E-state index in [1.807, 2.05) is 39.0 Å². The summed E-state index contributed by atoms with van der Waals surface area (Å²) in [5.41, 5.74) is -1.50. The van der Waals surface area contributed by atoms with Crippen molar-refractivity contribution < 1.29 is 222 Å². The second-order valence-electron chi connectivity index (χ2n) is 16.9. The smallest absolute Gasteiger partial charge is 0.115 e.